The normalized spacial score (nSPS) is 10.5. The highest BCUT2D eigenvalue weighted by Gasteiger charge is 2.09. The standard InChI is InChI=1S/C10H16N2O2/c1-8-10(7-13)9(2)12(11-8)5-4-6-14-3/h7H,4-6H2,1-3H3. The van der Waals surface area contributed by atoms with Crippen molar-refractivity contribution >= 4 is 6.29 Å². The van der Waals surface area contributed by atoms with Crippen molar-refractivity contribution in [2.24, 2.45) is 0 Å². The molecular weight excluding hydrogens is 180 g/mol. The van der Waals surface area contributed by atoms with Crippen LogP contribution in [0.3, 0.4) is 0 Å². The highest BCUT2D eigenvalue weighted by Crippen LogP contribution is 2.10. The smallest absolute Gasteiger partial charge is 0.153 e. The zero-order valence-electron chi connectivity index (χ0n) is 8.91. The molecule has 0 bridgehead atoms. The van der Waals surface area contributed by atoms with E-state index in [0.29, 0.717) is 5.56 Å². The van der Waals surface area contributed by atoms with Gasteiger partial charge in [0, 0.05) is 26.0 Å². The molecule has 0 radical (unpaired) electrons. The molecule has 0 spiro atoms. The second-order valence-electron chi connectivity index (χ2n) is 3.27. The van der Waals surface area contributed by atoms with Crippen molar-refractivity contribution in [3.8, 4) is 0 Å². The van der Waals surface area contributed by atoms with Gasteiger partial charge in [-0.1, -0.05) is 0 Å². The van der Waals surface area contributed by atoms with Crippen molar-refractivity contribution in [2.75, 3.05) is 13.7 Å². The lowest BCUT2D eigenvalue weighted by Gasteiger charge is -2.03. The topological polar surface area (TPSA) is 44.1 Å². The summed E-state index contributed by atoms with van der Waals surface area (Å²) in [6.07, 6.45) is 1.78. The van der Waals surface area contributed by atoms with E-state index in [1.165, 1.54) is 0 Å². The molecule has 0 aromatic carbocycles. The third kappa shape index (κ3) is 2.20. The summed E-state index contributed by atoms with van der Waals surface area (Å²) in [5, 5.41) is 4.28. The molecule has 1 rings (SSSR count). The molecule has 0 N–H and O–H groups in total. The second-order valence-corrected chi connectivity index (χ2v) is 3.27. The number of carbonyl (C=O) groups excluding carboxylic acids is 1. The highest BCUT2D eigenvalue weighted by molar-refractivity contribution is 5.77. The Labute approximate surface area is 83.9 Å². The zero-order chi connectivity index (χ0) is 10.6. The van der Waals surface area contributed by atoms with Gasteiger partial charge in [0.25, 0.3) is 0 Å². The third-order valence-corrected chi connectivity index (χ3v) is 2.27. The number of hydrogen-bond acceptors (Lipinski definition) is 3. The van der Waals surface area contributed by atoms with Crippen molar-refractivity contribution in [3.63, 3.8) is 0 Å². The minimum absolute atomic E-state index is 0.711. The summed E-state index contributed by atoms with van der Waals surface area (Å²) in [5.41, 5.74) is 2.45. The maximum atomic E-state index is 10.7. The third-order valence-electron chi connectivity index (χ3n) is 2.27. The van der Waals surface area contributed by atoms with Gasteiger partial charge in [-0.25, -0.2) is 0 Å². The number of carbonyl (C=O) groups is 1. The van der Waals surface area contributed by atoms with Crippen molar-refractivity contribution in [2.45, 2.75) is 26.8 Å². The maximum absolute atomic E-state index is 10.7. The van der Waals surface area contributed by atoms with E-state index < -0.39 is 0 Å². The first-order valence-corrected chi connectivity index (χ1v) is 4.68. The van der Waals surface area contributed by atoms with Crippen LogP contribution >= 0.6 is 0 Å². The molecule has 0 saturated heterocycles. The Hall–Kier alpha value is -1.16. The number of methoxy groups -OCH3 is 1. The molecule has 0 unspecified atom stereocenters. The molecule has 1 aromatic rings. The average molecular weight is 196 g/mol. The monoisotopic (exact) mass is 196 g/mol. The number of aldehydes is 1. The first-order chi connectivity index (χ1) is 6.70. The van der Waals surface area contributed by atoms with E-state index in [1.807, 2.05) is 18.5 Å². The van der Waals surface area contributed by atoms with E-state index in [2.05, 4.69) is 5.10 Å². The van der Waals surface area contributed by atoms with Crippen LogP contribution in [0.5, 0.6) is 0 Å². The summed E-state index contributed by atoms with van der Waals surface area (Å²) in [4.78, 5) is 10.7. The van der Waals surface area contributed by atoms with Crippen LogP contribution in [0.15, 0.2) is 0 Å². The summed E-state index contributed by atoms with van der Waals surface area (Å²) >= 11 is 0. The lowest BCUT2D eigenvalue weighted by molar-refractivity contribution is 0.112. The lowest BCUT2D eigenvalue weighted by atomic mass is 10.2. The predicted molar refractivity (Wildman–Crippen MR) is 53.6 cm³/mol. The lowest BCUT2D eigenvalue weighted by Crippen LogP contribution is -2.05. The SMILES string of the molecule is COCCCn1nc(C)c(C=O)c1C. The van der Waals surface area contributed by atoms with E-state index in [1.54, 1.807) is 7.11 Å². The first kappa shape index (κ1) is 10.9. The van der Waals surface area contributed by atoms with Crippen LogP contribution in [-0.4, -0.2) is 29.8 Å². The molecule has 4 heteroatoms. The van der Waals surface area contributed by atoms with Gasteiger partial charge in [0.1, 0.15) is 0 Å². The number of rotatable bonds is 5. The summed E-state index contributed by atoms with van der Waals surface area (Å²) in [5.74, 6) is 0. The summed E-state index contributed by atoms with van der Waals surface area (Å²) in [6.45, 7) is 5.28. The largest absolute Gasteiger partial charge is 0.385 e. The molecule has 0 aliphatic carbocycles. The number of aromatic nitrogens is 2. The average Bonchev–Trinajstić information content (AvgIpc) is 2.42. The predicted octanol–water partition coefficient (Wildman–Crippen LogP) is 1.35. The van der Waals surface area contributed by atoms with Gasteiger partial charge in [-0.3, -0.25) is 9.48 Å². The first-order valence-electron chi connectivity index (χ1n) is 4.68. The fraction of sp³-hybridized carbons (Fsp3) is 0.600. The number of nitrogens with zero attached hydrogens (tertiary/aromatic N) is 2. The fourth-order valence-corrected chi connectivity index (χ4v) is 1.46. The molecule has 14 heavy (non-hydrogen) atoms. The Morgan fingerprint density at radius 2 is 2.21 bits per heavy atom. The second kappa shape index (κ2) is 4.91. The molecule has 1 heterocycles. The van der Waals surface area contributed by atoms with Crippen molar-refractivity contribution in [1.82, 2.24) is 9.78 Å². The molecule has 1 aromatic heterocycles. The van der Waals surface area contributed by atoms with Gasteiger partial charge >= 0.3 is 0 Å². The van der Waals surface area contributed by atoms with Gasteiger partial charge < -0.3 is 4.74 Å². The van der Waals surface area contributed by atoms with Crippen LogP contribution in [0.2, 0.25) is 0 Å². The number of ether oxygens (including phenoxy) is 1. The van der Waals surface area contributed by atoms with Gasteiger partial charge in [-0.2, -0.15) is 5.10 Å². The van der Waals surface area contributed by atoms with Crippen molar-refractivity contribution < 1.29 is 9.53 Å². The molecule has 78 valence electrons. The molecule has 0 saturated carbocycles. The van der Waals surface area contributed by atoms with Crippen LogP contribution in [-0.2, 0) is 11.3 Å². The van der Waals surface area contributed by atoms with Crippen LogP contribution < -0.4 is 0 Å². The van der Waals surface area contributed by atoms with Crippen LogP contribution in [0.1, 0.15) is 28.2 Å². The molecule has 0 aliphatic rings. The molecule has 0 amide bonds. The Morgan fingerprint density at radius 3 is 2.71 bits per heavy atom. The quantitative estimate of drug-likeness (QED) is 0.527. The molecule has 4 nitrogen and oxygen atoms in total. The van der Waals surface area contributed by atoms with Gasteiger partial charge in [0.05, 0.1) is 11.3 Å². The van der Waals surface area contributed by atoms with Gasteiger partial charge in [0.15, 0.2) is 6.29 Å². The van der Waals surface area contributed by atoms with E-state index >= 15 is 0 Å². The maximum Gasteiger partial charge on any atom is 0.153 e. The molecular formula is C10H16N2O2. The van der Waals surface area contributed by atoms with E-state index in [0.717, 1.165) is 37.2 Å². The number of hydrogen-bond donors (Lipinski definition) is 0. The molecule has 0 atom stereocenters. The number of aryl methyl sites for hydroxylation is 2. The van der Waals surface area contributed by atoms with E-state index in [-0.39, 0.29) is 0 Å². The van der Waals surface area contributed by atoms with Crippen molar-refractivity contribution in [1.29, 1.82) is 0 Å². The molecule has 0 aliphatic heterocycles. The minimum atomic E-state index is 0.711. The van der Waals surface area contributed by atoms with Crippen molar-refractivity contribution in [3.05, 3.63) is 17.0 Å². The Kier molecular flexibility index (Phi) is 3.83. The summed E-state index contributed by atoms with van der Waals surface area (Å²) in [6, 6.07) is 0. The Balaban J connectivity index is 2.73. The van der Waals surface area contributed by atoms with Crippen LogP contribution in [0.4, 0.5) is 0 Å². The summed E-state index contributed by atoms with van der Waals surface area (Å²) in [7, 11) is 1.68. The van der Waals surface area contributed by atoms with E-state index in [4.69, 9.17) is 4.74 Å². The van der Waals surface area contributed by atoms with Gasteiger partial charge in [-0.05, 0) is 20.3 Å². The van der Waals surface area contributed by atoms with Gasteiger partial charge in [0.2, 0.25) is 0 Å². The van der Waals surface area contributed by atoms with Crippen LogP contribution in [0, 0.1) is 13.8 Å². The highest BCUT2D eigenvalue weighted by atomic mass is 16.5. The Morgan fingerprint density at radius 1 is 1.50 bits per heavy atom. The zero-order valence-corrected chi connectivity index (χ0v) is 8.91. The minimum Gasteiger partial charge on any atom is -0.385 e. The molecule has 0 fully saturated rings. The fourth-order valence-electron chi connectivity index (χ4n) is 1.46. The Bertz CT molecular complexity index is 318. The summed E-state index contributed by atoms with van der Waals surface area (Å²) < 4.78 is 6.82. The van der Waals surface area contributed by atoms with Gasteiger partial charge in [-0.15, -0.1) is 0 Å². The van der Waals surface area contributed by atoms with Crippen LogP contribution in [0.25, 0.3) is 0 Å². The van der Waals surface area contributed by atoms with E-state index in [9.17, 15) is 4.79 Å².